The molecule has 0 unspecified atom stereocenters. The van der Waals surface area contributed by atoms with E-state index >= 15 is 0 Å². The number of aromatic nitrogens is 1. The molecule has 0 saturated heterocycles. The van der Waals surface area contributed by atoms with Crippen molar-refractivity contribution in [3.63, 3.8) is 0 Å². The van der Waals surface area contributed by atoms with Crippen molar-refractivity contribution in [3.05, 3.63) is 28.6 Å². The van der Waals surface area contributed by atoms with E-state index in [1.54, 1.807) is 17.7 Å². The number of methoxy groups -OCH3 is 1. The minimum Gasteiger partial charge on any atom is -0.492 e. The van der Waals surface area contributed by atoms with Gasteiger partial charge < -0.3 is 19.8 Å². The van der Waals surface area contributed by atoms with Gasteiger partial charge in [0.1, 0.15) is 0 Å². The monoisotopic (exact) mass is 346 g/mol. The maximum absolute atomic E-state index is 12.8. The summed E-state index contributed by atoms with van der Waals surface area (Å²) in [5.74, 6) is 0.797. The van der Waals surface area contributed by atoms with E-state index in [-0.39, 0.29) is 5.56 Å². The third-order valence-electron chi connectivity index (χ3n) is 4.47. The van der Waals surface area contributed by atoms with Crippen LogP contribution in [0.2, 0.25) is 0 Å². The van der Waals surface area contributed by atoms with Crippen LogP contribution in [-0.2, 0) is 6.54 Å². The topological polar surface area (TPSA) is 66.5 Å². The van der Waals surface area contributed by atoms with Crippen molar-refractivity contribution in [2.45, 2.75) is 58.9 Å². The Balaban J connectivity index is 2.22. The second-order valence-electron chi connectivity index (χ2n) is 6.30. The fourth-order valence-electron chi connectivity index (χ4n) is 3.12. The average molecular weight is 346 g/mol. The number of fused-ring (bicyclic) bond motifs is 1. The molecule has 0 amide bonds. The number of nitrogens with two attached hydrogens (primary N) is 1. The molecule has 5 nitrogen and oxygen atoms in total. The highest BCUT2D eigenvalue weighted by molar-refractivity contribution is 5.90. The predicted molar refractivity (Wildman–Crippen MR) is 104 cm³/mol. The van der Waals surface area contributed by atoms with Gasteiger partial charge >= 0.3 is 0 Å². The van der Waals surface area contributed by atoms with Crippen LogP contribution < -0.4 is 20.8 Å². The van der Waals surface area contributed by atoms with Crippen LogP contribution in [-0.4, -0.2) is 18.3 Å². The van der Waals surface area contributed by atoms with Gasteiger partial charge in [0.15, 0.2) is 5.75 Å². The number of benzene rings is 1. The minimum atomic E-state index is -0.163. The van der Waals surface area contributed by atoms with Gasteiger partial charge in [-0.3, -0.25) is 4.79 Å². The summed E-state index contributed by atoms with van der Waals surface area (Å²) in [5, 5.41) is 0.844. The fraction of sp³-hybridized carbons (Fsp3) is 0.550. The number of aryl methyl sites for hydroxylation is 1. The largest absolute Gasteiger partial charge is 0.492 e. The lowest BCUT2D eigenvalue weighted by molar-refractivity contribution is 0.280. The molecule has 25 heavy (non-hydrogen) atoms. The molecule has 2 N–H and O–H groups in total. The van der Waals surface area contributed by atoms with E-state index in [9.17, 15) is 4.79 Å². The summed E-state index contributed by atoms with van der Waals surface area (Å²) in [6, 6.07) is 5.50. The summed E-state index contributed by atoms with van der Waals surface area (Å²) in [7, 11) is 1.57. The number of nitrogens with zero attached hydrogens (tertiary/aromatic N) is 1. The quantitative estimate of drug-likeness (QED) is 0.513. The first-order valence-electron chi connectivity index (χ1n) is 9.26. The average Bonchev–Trinajstić information content (AvgIpc) is 2.61. The summed E-state index contributed by atoms with van der Waals surface area (Å²) in [5.41, 5.74) is 7.12. The van der Waals surface area contributed by atoms with E-state index in [1.807, 2.05) is 19.1 Å². The minimum absolute atomic E-state index is 0.163. The molecule has 0 aliphatic rings. The second kappa shape index (κ2) is 9.35. The van der Waals surface area contributed by atoms with Crippen molar-refractivity contribution in [2.24, 2.45) is 0 Å². The van der Waals surface area contributed by atoms with Crippen LogP contribution in [0.1, 0.15) is 52.4 Å². The molecule has 1 aromatic carbocycles. The van der Waals surface area contributed by atoms with Gasteiger partial charge in [0, 0.05) is 17.6 Å². The molecule has 0 saturated carbocycles. The van der Waals surface area contributed by atoms with Crippen LogP contribution in [0.25, 0.3) is 10.9 Å². The van der Waals surface area contributed by atoms with Gasteiger partial charge in [0.2, 0.25) is 5.75 Å². The molecular formula is C20H30N2O3. The molecule has 2 rings (SSSR count). The highest BCUT2D eigenvalue weighted by Crippen LogP contribution is 2.33. The maximum Gasteiger partial charge on any atom is 0.297 e. The standard InChI is InChI=1S/C20H30N2O3/c1-4-6-7-8-9-10-13-25-19-18(24-3)16-12-11-15(21)14-17(16)22(5-2)20(19)23/h11-12,14H,4-10,13,21H2,1-3H3. The van der Waals surface area contributed by atoms with Crippen LogP contribution in [0.3, 0.4) is 0 Å². The third-order valence-corrected chi connectivity index (χ3v) is 4.47. The first-order chi connectivity index (χ1) is 12.1. The van der Waals surface area contributed by atoms with Crippen LogP contribution in [0, 0.1) is 0 Å². The first-order valence-corrected chi connectivity index (χ1v) is 9.26. The molecule has 1 aromatic heterocycles. The van der Waals surface area contributed by atoms with Crippen molar-refractivity contribution in [1.29, 1.82) is 0 Å². The van der Waals surface area contributed by atoms with Gasteiger partial charge in [-0.05, 0) is 31.5 Å². The van der Waals surface area contributed by atoms with Crippen molar-refractivity contribution >= 4 is 16.6 Å². The zero-order valence-corrected chi connectivity index (χ0v) is 15.6. The van der Waals surface area contributed by atoms with Crippen molar-refractivity contribution in [3.8, 4) is 11.5 Å². The van der Waals surface area contributed by atoms with E-state index in [2.05, 4.69) is 6.92 Å². The molecule has 0 spiro atoms. The van der Waals surface area contributed by atoms with Crippen LogP contribution in [0.4, 0.5) is 5.69 Å². The molecule has 0 aliphatic carbocycles. The smallest absolute Gasteiger partial charge is 0.297 e. The Morgan fingerprint density at radius 2 is 1.76 bits per heavy atom. The predicted octanol–water partition coefficient (Wildman–Crippen LogP) is 4.35. The van der Waals surface area contributed by atoms with Crippen molar-refractivity contribution in [2.75, 3.05) is 19.5 Å². The van der Waals surface area contributed by atoms with E-state index in [4.69, 9.17) is 15.2 Å². The Morgan fingerprint density at radius 3 is 2.44 bits per heavy atom. The molecule has 0 bridgehead atoms. The van der Waals surface area contributed by atoms with Crippen LogP contribution >= 0.6 is 0 Å². The Kier molecular flexibility index (Phi) is 7.16. The number of nitrogen functional groups attached to an aromatic ring is 1. The summed E-state index contributed by atoms with van der Waals surface area (Å²) >= 11 is 0. The van der Waals surface area contributed by atoms with Crippen LogP contribution in [0.5, 0.6) is 11.5 Å². The van der Waals surface area contributed by atoms with Gasteiger partial charge in [-0.25, -0.2) is 0 Å². The molecule has 138 valence electrons. The number of pyridine rings is 1. The van der Waals surface area contributed by atoms with Crippen molar-refractivity contribution in [1.82, 2.24) is 4.57 Å². The Morgan fingerprint density at radius 1 is 1.04 bits per heavy atom. The number of hydrogen-bond donors (Lipinski definition) is 1. The molecule has 1 heterocycles. The number of unbranched alkanes of at least 4 members (excludes halogenated alkanes) is 5. The Bertz CT molecular complexity index is 753. The van der Waals surface area contributed by atoms with E-state index in [0.717, 1.165) is 23.7 Å². The molecule has 2 aromatic rings. The number of hydrogen-bond acceptors (Lipinski definition) is 4. The van der Waals surface area contributed by atoms with Gasteiger partial charge in [-0.1, -0.05) is 39.0 Å². The normalized spacial score (nSPS) is 11.0. The zero-order chi connectivity index (χ0) is 18.2. The second-order valence-corrected chi connectivity index (χ2v) is 6.30. The fourth-order valence-corrected chi connectivity index (χ4v) is 3.12. The zero-order valence-electron chi connectivity index (χ0n) is 15.6. The molecule has 0 fully saturated rings. The lowest BCUT2D eigenvalue weighted by atomic mass is 10.1. The van der Waals surface area contributed by atoms with Gasteiger partial charge in [0.05, 0.1) is 19.2 Å². The summed E-state index contributed by atoms with van der Waals surface area (Å²) in [4.78, 5) is 12.8. The first kappa shape index (κ1) is 19.2. The molecule has 0 atom stereocenters. The van der Waals surface area contributed by atoms with E-state index < -0.39 is 0 Å². The number of ether oxygens (including phenoxy) is 2. The summed E-state index contributed by atoms with van der Waals surface area (Å²) < 4.78 is 13.1. The SMILES string of the molecule is CCCCCCCCOc1c(OC)c2ccc(N)cc2n(CC)c1=O. The van der Waals surface area contributed by atoms with E-state index in [1.165, 1.54) is 25.7 Å². The third kappa shape index (κ3) is 4.47. The summed E-state index contributed by atoms with van der Waals surface area (Å²) in [6.45, 7) is 5.23. The molecule has 0 radical (unpaired) electrons. The van der Waals surface area contributed by atoms with Gasteiger partial charge in [-0.15, -0.1) is 0 Å². The van der Waals surface area contributed by atoms with Crippen molar-refractivity contribution < 1.29 is 9.47 Å². The highest BCUT2D eigenvalue weighted by atomic mass is 16.5. The van der Waals surface area contributed by atoms with Crippen LogP contribution in [0.15, 0.2) is 23.0 Å². The molecule has 5 heteroatoms. The van der Waals surface area contributed by atoms with Gasteiger partial charge in [-0.2, -0.15) is 0 Å². The molecular weight excluding hydrogens is 316 g/mol. The van der Waals surface area contributed by atoms with E-state index in [0.29, 0.717) is 30.3 Å². The summed E-state index contributed by atoms with van der Waals surface area (Å²) in [6.07, 6.45) is 7.06. The highest BCUT2D eigenvalue weighted by Gasteiger charge is 2.18. The number of anilines is 1. The van der Waals surface area contributed by atoms with Gasteiger partial charge in [0.25, 0.3) is 5.56 Å². The molecule has 0 aliphatic heterocycles. The lowest BCUT2D eigenvalue weighted by Gasteiger charge is -2.17. The Labute approximate surface area is 149 Å². The number of rotatable bonds is 10. The maximum atomic E-state index is 12.8. The lowest BCUT2D eigenvalue weighted by Crippen LogP contribution is -2.23. The Hall–Kier alpha value is -2.17.